The van der Waals surface area contributed by atoms with Crippen LogP contribution in [0.5, 0.6) is 0 Å². The smallest absolute Gasteiger partial charge is 0.143 e. The van der Waals surface area contributed by atoms with Crippen LogP contribution in [0, 0.1) is 18.3 Å². The maximum Gasteiger partial charge on any atom is 0.143 e. The van der Waals surface area contributed by atoms with Gasteiger partial charge in [-0.2, -0.15) is 10.4 Å². The van der Waals surface area contributed by atoms with Crippen molar-refractivity contribution in [1.29, 1.82) is 5.26 Å². The first kappa shape index (κ1) is 12.7. The molecule has 0 aliphatic carbocycles. The van der Waals surface area contributed by atoms with Gasteiger partial charge in [0.05, 0.1) is 12.3 Å². The van der Waals surface area contributed by atoms with Crippen LogP contribution >= 0.6 is 15.9 Å². The van der Waals surface area contributed by atoms with Gasteiger partial charge in [-0.3, -0.25) is 4.68 Å². The van der Waals surface area contributed by atoms with E-state index < -0.39 is 0 Å². The van der Waals surface area contributed by atoms with Crippen molar-refractivity contribution < 1.29 is 0 Å². The van der Waals surface area contributed by atoms with Crippen molar-refractivity contribution in [2.24, 2.45) is 7.05 Å². The van der Waals surface area contributed by atoms with E-state index in [1.807, 2.05) is 38.2 Å². The summed E-state index contributed by atoms with van der Waals surface area (Å²) in [5.74, 6) is 0. The second-order valence-electron chi connectivity index (χ2n) is 4.02. The minimum Gasteiger partial charge on any atom is -0.366 e. The number of rotatable bonds is 3. The fourth-order valence-electron chi connectivity index (χ4n) is 1.69. The maximum absolute atomic E-state index is 9.27. The van der Waals surface area contributed by atoms with E-state index in [9.17, 15) is 5.26 Å². The molecule has 0 saturated heterocycles. The number of hydrogen-bond acceptors (Lipinski definition) is 3. The molecular weight excluding hydrogens is 292 g/mol. The van der Waals surface area contributed by atoms with Crippen molar-refractivity contribution >= 4 is 21.6 Å². The molecule has 1 N–H and O–H groups in total. The minimum atomic E-state index is -0.389. The Morgan fingerprint density at radius 2 is 2.06 bits per heavy atom. The lowest BCUT2D eigenvalue weighted by Crippen LogP contribution is -2.09. The third kappa shape index (κ3) is 2.54. The third-order valence-corrected chi connectivity index (χ3v) is 3.40. The molecule has 1 unspecified atom stereocenters. The maximum atomic E-state index is 9.27. The fourth-order valence-corrected chi connectivity index (χ4v) is 1.96. The van der Waals surface area contributed by atoms with Crippen LogP contribution in [0.15, 0.2) is 34.9 Å². The standard InChI is InChI=1S/C13H13BrN4/c1-9-12(8-16-18(9)2)13(7-15)17-11-5-3-10(14)4-6-11/h3-6,8,13,17H,1-2H3. The van der Waals surface area contributed by atoms with Gasteiger partial charge < -0.3 is 5.32 Å². The van der Waals surface area contributed by atoms with Crippen molar-refractivity contribution in [3.63, 3.8) is 0 Å². The van der Waals surface area contributed by atoms with Crippen molar-refractivity contribution in [2.75, 3.05) is 5.32 Å². The summed E-state index contributed by atoms with van der Waals surface area (Å²) in [7, 11) is 1.87. The molecule has 0 aliphatic rings. The molecule has 4 nitrogen and oxygen atoms in total. The van der Waals surface area contributed by atoms with Crippen molar-refractivity contribution in [3.05, 3.63) is 46.2 Å². The molecule has 1 heterocycles. The predicted octanol–water partition coefficient (Wildman–Crippen LogP) is 3.17. The summed E-state index contributed by atoms with van der Waals surface area (Å²) in [4.78, 5) is 0. The molecule has 18 heavy (non-hydrogen) atoms. The summed E-state index contributed by atoms with van der Waals surface area (Å²) in [5, 5.41) is 16.6. The van der Waals surface area contributed by atoms with Crippen LogP contribution in [0.3, 0.4) is 0 Å². The lowest BCUT2D eigenvalue weighted by atomic mass is 10.1. The van der Waals surface area contributed by atoms with Crippen LogP contribution in [0.4, 0.5) is 5.69 Å². The highest BCUT2D eigenvalue weighted by Crippen LogP contribution is 2.22. The van der Waals surface area contributed by atoms with Crippen LogP contribution in [-0.4, -0.2) is 9.78 Å². The number of aryl methyl sites for hydroxylation is 1. The molecule has 1 aromatic heterocycles. The molecule has 0 aliphatic heterocycles. The first-order valence-corrected chi connectivity index (χ1v) is 6.31. The Morgan fingerprint density at radius 1 is 1.39 bits per heavy atom. The summed E-state index contributed by atoms with van der Waals surface area (Å²) in [6.45, 7) is 1.95. The van der Waals surface area contributed by atoms with E-state index in [-0.39, 0.29) is 6.04 Å². The highest BCUT2D eigenvalue weighted by atomic mass is 79.9. The molecule has 0 fully saturated rings. The summed E-state index contributed by atoms with van der Waals surface area (Å²) >= 11 is 3.38. The van der Waals surface area contributed by atoms with Crippen molar-refractivity contribution in [2.45, 2.75) is 13.0 Å². The molecular formula is C13H13BrN4. The molecule has 2 aromatic rings. The number of halogens is 1. The number of nitrogens with one attached hydrogen (secondary N) is 1. The van der Waals surface area contributed by atoms with Gasteiger partial charge in [0.2, 0.25) is 0 Å². The van der Waals surface area contributed by atoms with Gasteiger partial charge in [-0.25, -0.2) is 0 Å². The van der Waals surface area contributed by atoms with Gasteiger partial charge in [-0.05, 0) is 31.2 Å². The van der Waals surface area contributed by atoms with E-state index in [0.717, 1.165) is 21.4 Å². The van der Waals surface area contributed by atoms with E-state index in [1.54, 1.807) is 10.9 Å². The molecule has 1 atom stereocenters. The SMILES string of the molecule is Cc1c(C(C#N)Nc2ccc(Br)cc2)cnn1C. The zero-order chi connectivity index (χ0) is 13.1. The van der Waals surface area contributed by atoms with Gasteiger partial charge in [0, 0.05) is 28.5 Å². The quantitative estimate of drug-likeness (QED) is 0.947. The molecule has 0 amide bonds. The van der Waals surface area contributed by atoms with Gasteiger partial charge in [-0.15, -0.1) is 0 Å². The molecule has 0 bridgehead atoms. The average Bonchev–Trinajstić information content (AvgIpc) is 2.70. The topological polar surface area (TPSA) is 53.6 Å². The lowest BCUT2D eigenvalue weighted by molar-refractivity contribution is 0.737. The number of nitriles is 1. The van der Waals surface area contributed by atoms with Crippen LogP contribution in [0.2, 0.25) is 0 Å². The number of anilines is 1. The molecule has 92 valence electrons. The fraction of sp³-hybridized carbons (Fsp3) is 0.231. The Kier molecular flexibility index (Phi) is 3.68. The number of hydrogen-bond donors (Lipinski definition) is 1. The van der Waals surface area contributed by atoms with E-state index in [0.29, 0.717) is 0 Å². The normalized spacial score (nSPS) is 11.9. The zero-order valence-corrected chi connectivity index (χ0v) is 11.8. The average molecular weight is 305 g/mol. The van der Waals surface area contributed by atoms with Crippen LogP contribution < -0.4 is 5.32 Å². The summed E-state index contributed by atoms with van der Waals surface area (Å²) in [6, 6.07) is 9.61. The predicted molar refractivity (Wildman–Crippen MR) is 74.1 cm³/mol. The Morgan fingerprint density at radius 3 is 2.56 bits per heavy atom. The highest BCUT2D eigenvalue weighted by Gasteiger charge is 2.15. The lowest BCUT2D eigenvalue weighted by Gasteiger charge is -2.12. The first-order valence-electron chi connectivity index (χ1n) is 5.52. The summed E-state index contributed by atoms with van der Waals surface area (Å²) in [5.41, 5.74) is 2.81. The Balaban J connectivity index is 2.23. The van der Waals surface area contributed by atoms with E-state index >= 15 is 0 Å². The monoisotopic (exact) mass is 304 g/mol. The van der Waals surface area contributed by atoms with Gasteiger partial charge in [-0.1, -0.05) is 15.9 Å². The Bertz CT molecular complexity index is 580. The summed E-state index contributed by atoms with van der Waals surface area (Å²) in [6.07, 6.45) is 1.73. The highest BCUT2D eigenvalue weighted by molar-refractivity contribution is 9.10. The van der Waals surface area contributed by atoms with Crippen LogP contribution in [0.25, 0.3) is 0 Å². The van der Waals surface area contributed by atoms with Crippen LogP contribution in [-0.2, 0) is 7.05 Å². The molecule has 0 saturated carbocycles. The van der Waals surface area contributed by atoms with Gasteiger partial charge in [0.1, 0.15) is 6.04 Å². The largest absolute Gasteiger partial charge is 0.366 e. The van der Waals surface area contributed by atoms with Gasteiger partial charge in [0.15, 0.2) is 0 Å². The molecule has 5 heteroatoms. The van der Waals surface area contributed by atoms with E-state index in [1.165, 1.54) is 0 Å². The van der Waals surface area contributed by atoms with Gasteiger partial charge >= 0.3 is 0 Å². The Hall–Kier alpha value is -1.80. The second-order valence-corrected chi connectivity index (χ2v) is 4.94. The number of aromatic nitrogens is 2. The third-order valence-electron chi connectivity index (χ3n) is 2.87. The summed E-state index contributed by atoms with van der Waals surface area (Å²) < 4.78 is 2.78. The number of nitrogens with zero attached hydrogens (tertiary/aromatic N) is 3. The van der Waals surface area contributed by atoms with Gasteiger partial charge in [0.25, 0.3) is 0 Å². The second kappa shape index (κ2) is 5.23. The number of benzene rings is 1. The van der Waals surface area contributed by atoms with Crippen molar-refractivity contribution in [1.82, 2.24) is 9.78 Å². The molecule has 0 spiro atoms. The van der Waals surface area contributed by atoms with Crippen molar-refractivity contribution in [3.8, 4) is 6.07 Å². The zero-order valence-electron chi connectivity index (χ0n) is 10.2. The molecule has 1 aromatic carbocycles. The molecule has 0 radical (unpaired) electrons. The van der Waals surface area contributed by atoms with Crippen LogP contribution in [0.1, 0.15) is 17.3 Å². The molecule has 2 rings (SSSR count). The van der Waals surface area contributed by atoms with E-state index in [4.69, 9.17) is 0 Å². The van der Waals surface area contributed by atoms with E-state index in [2.05, 4.69) is 32.4 Å². The first-order chi connectivity index (χ1) is 8.61. The minimum absolute atomic E-state index is 0.389. The Labute approximate surface area is 114 Å².